The minimum atomic E-state index is -0.230. The molecule has 0 radical (unpaired) electrons. The van der Waals surface area contributed by atoms with Gasteiger partial charge in [-0.1, -0.05) is 24.1 Å². The summed E-state index contributed by atoms with van der Waals surface area (Å²) in [4.78, 5) is 29.4. The Morgan fingerprint density at radius 3 is 2.72 bits per heavy atom. The van der Waals surface area contributed by atoms with Crippen LogP contribution >= 0.6 is 0 Å². The van der Waals surface area contributed by atoms with Crippen molar-refractivity contribution in [3.05, 3.63) is 29.8 Å². The molecule has 4 rings (SSSR count). The first-order valence-corrected chi connectivity index (χ1v) is 9.53. The highest BCUT2D eigenvalue weighted by Gasteiger charge is 2.40. The van der Waals surface area contributed by atoms with Gasteiger partial charge in [0.25, 0.3) is 0 Å². The van der Waals surface area contributed by atoms with Crippen LogP contribution < -0.4 is 10.2 Å². The first kappa shape index (κ1) is 16.6. The number of hydrogen-bond acceptors (Lipinski definition) is 3. The van der Waals surface area contributed by atoms with Crippen LogP contribution in [-0.2, 0) is 9.59 Å². The second kappa shape index (κ2) is 6.79. The average Bonchev–Trinajstić information content (AvgIpc) is 3.20. The van der Waals surface area contributed by atoms with Gasteiger partial charge in [0.2, 0.25) is 11.8 Å². The third-order valence-electron chi connectivity index (χ3n) is 6.03. The van der Waals surface area contributed by atoms with Crippen molar-refractivity contribution in [1.82, 2.24) is 10.2 Å². The summed E-state index contributed by atoms with van der Waals surface area (Å²) >= 11 is 0. The van der Waals surface area contributed by atoms with Crippen LogP contribution in [0.5, 0.6) is 0 Å². The normalized spacial score (nSPS) is 29.7. The van der Waals surface area contributed by atoms with Gasteiger partial charge in [-0.05, 0) is 44.9 Å². The van der Waals surface area contributed by atoms with E-state index < -0.39 is 0 Å². The molecule has 25 heavy (non-hydrogen) atoms. The fourth-order valence-corrected chi connectivity index (χ4v) is 4.57. The molecule has 3 aliphatic rings. The molecule has 1 aromatic rings. The maximum Gasteiger partial charge on any atom is 0.227 e. The minimum Gasteiger partial charge on any atom is -0.351 e. The number of piperidine rings is 1. The molecule has 2 amide bonds. The Morgan fingerprint density at radius 1 is 1.12 bits per heavy atom. The molecular weight excluding hydrogens is 314 g/mol. The second-order valence-corrected chi connectivity index (χ2v) is 7.74. The molecule has 3 atom stereocenters. The summed E-state index contributed by atoms with van der Waals surface area (Å²) in [7, 11) is 0. The van der Waals surface area contributed by atoms with E-state index >= 15 is 0 Å². The van der Waals surface area contributed by atoms with Crippen LogP contribution in [0.25, 0.3) is 0 Å². The number of hydrogen-bond donors (Lipinski definition) is 1. The molecule has 0 saturated carbocycles. The van der Waals surface area contributed by atoms with E-state index in [2.05, 4.69) is 10.2 Å². The van der Waals surface area contributed by atoms with Crippen LogP contribution in [0.2, 0.25) is 0 Å². The first-order valence-electron chi connectivity index (χ1n) is 9.53. The Balaban J connectivity index is 1.38. The van der Waals surface area contributed by atoms with E-state index in [0.29, 0.717) is 19.0 Å². The lowest BCUT2D eigenvalue weighted by Crippen LogP contribution is -2.48. The van der Waals surface area contributed by atoms with Crippen molar-refractivity contribution >= 4 is 17.5 Å². The molecule has 3 fully saturated rings. The largest absolute Gasteiger partial charge is 0.351 e. The second-order valence-electron chi connectivity index (χ2n) is 7.74. The summed E-state index contributed by atoms with van der Waals surface area (Å²) < 4.78 is 0. The Kier molecular flexibility index (Phi) is 4.50. The molecule has 5 heteroatoms. The van der Waals surface area contributed by atoms with Gasteiger partial charge < -0.3 is 10.2 Å². The predicted molar refractivity (Wildman–Crippen MR) is 97.4 cm³/mol. The quantitative estimate of drug-likeness (QED) is 0.916. The van der Waals surface area contributed by atoms with Crippen LogP contribution in [0.4, 0.5) is 5.69 Å². The zero-order chi connectivity index (χ0) is 17.4. The van der Waals surface area contributed by atoms with Crippen molar-refractivity contribution in [3.63, 3.8) is 0 Å². The molecule has 0 spiro atoms. The van der Waals surface area contributed by atoms with Crippen LogP contribution in [0.15, 0.2) is 24.3 Å². The molecule has 3 heterocycles. The van der Waals surface area contributed by atoms with Gasteiger partial charge in [0.05, 0.1) is 5.92 Å². The number of nitrogens with one attached hydrogen (secondary N) is 1. The molecule has 0 aliphatic carbocycles. The summed E-state index contributed by atoms with van der Waals surface area (Å²) in [5.74, 6) is -0.124. The lowest BCUT2D eigenvalue weighted by molar-refractivity contribution is -0.127. The highest BCUT2D eigenvalue weighted by molar-refractivity contribution is 6.00. The number of fused-ring (bicyclic) bond motifs is 1. The number of carbonyl (C=O) groups is 2. The van der Waals surface area contributed by atoms with Crippen molar-refractivity contribution < 1.29 is 9.59 Å². The molecule has 3 saturated heterocycles. The molecule has 3 aliphatic heterocycles. The first-order chi connectivity index (χ1) is 12.1. The zero-order valence-corrected chi connectivity index (χ0v) is 14.9. The van der Waals surface area contributed by atoms with Gasteiger partial charge in [-0.15, -0.1) is 0 Å². The van der Waals surface area contributed by atoms with Gasteiger partial charge in [-0.2, -0.15) is 0 Å². The predicted octanol–water partition coefficient (Wildman–Crippen LogP) is 2.09. The fourth-order valence-electron chi connectivity index (χ4n) is 4.57. The SMILES string of the molecule is Cc1ccc(N2CC(C(=O)NC3CCN4CCCCC34)CC2=O)cc1. The lowest BCUT2D eigenvalue weighted by Gasteiger charge is -2.32. The molecule has 134 valence electrons. The van der Waals surface area contributed by atoms with Crippen LogP contribution in [-0.4, -0.2) is 48.4 Å². The van der Waals surface area contributed by atoms with E-state index in [-0.39, 0.29) is 23.8 Å². The Labute approximate surface area is 149 Å². The van der Waals surface area contributed by atoms with Gasteiger partial charge in [0, 0.05) is 37.3 Å². The Bertz CT molecular complexity index is 657. The van der Waals surface area contributed by atoms with E-state index in [4.69, 9.17) is 0 Å². The molecule has 1 aromatic carbocycles. The summed E-state index contributed by atoms with van der Waals surface area (Å²) in [6.45, 7) is 4.78. The number of aryl methyl sites for hydroxylation is 1. The van der Waals surface area contributed by atoms with E-state index in [1.807, 2.05) is 31.2 Å². The molecule has 0 aromatic heterocycles. The topological polar surface area (TPSA) is 52.7 Å². The molecular formula is C20H27N3O2. The minimum absolute atomic E-state index is 0.0507. The summed E-state index contributed by atoms with van der Waals surface area (Å²) in [5, 5.41) is 3.26. The monoisotopic (exact) mass is 341 g/mol. The van der Waals surface area contributed by atoms with Gasteiger partial charge in [0.15, 0.2) is 0 Å². The maximum atomic E-state index is 12.7. The molecule has 3 unspecified atom stereocenters. The van der Waals surface area contributed by atoms with Gasteiger partial charge in [-0.3, -0.25) is 14.5 Å². The number of amides is 2. The lowest BCUT2D eigenvalue weighted by atomic mass is 9.98. The summed E-state index contributed by atoms with van der Waals surface area (Å²) in [6.07, 6.45) is 5.08. The van der Waals surface area contributed by atoms with E-state index in [9.17, 15) is 9.59 Å². The third kappa shape index (κ3) is 3.30. The zero-order valence-electron chi connectivity index (χ0n) is 14.9. The van der Waals surface area contributed by atoms with E-state index in [1.165, 1.54) is 31.4 Å². The Morgan fingerprint density at radius 2 is 1.92 bits per heavy atom. The van der Waals surface area contributed by atoms with Crippen LogP contribution in [0.3, 0.4) is 0 Å². The van der Waals surface area contributed by atoms with Crippen molar-refractivity contribution in [2.45, 2.75) is 51.1 Å². The third-order valence-corrected chi connectivity index (χ3v) is 6.03. The maximum absolute atomic E-state index is 12.7. The van der Waals surface area contributed by atoms with Gasteiger partial charge in [-0.25, -0.2) is 0 Å². The number of carbonyl (C=O) groups excluding carboxylic acids is 2. The van der Waals surface area contributed by atoms with Gasteiger partial charge >= 0.3 is 0 Å². The summed E-state index contributed by atoms with van der Waals surface area (Å²) in [6, 6.07) is 8.70. The molecule has 0 bridgehead atoms. The number of anilines is 1. The van der Waals surface area contributed by atoms with Crippen LogP contribution in [0.1, 0.15) is 37.7 Å². The highest BCUT2D eigenvalue weighted by atomic mass is 16.2. The van der Waals surface area contributed by atoms with Crippen molar-refractivity contribution in [3.8, 4) is 0 Å². The van der Waals surface area contributed by atoms with E-state index in [0.717, 1.165) is 18.7 Å². The standard InChI is InChI=1S/C20H27N3O2/c1-14-5-7-16(8-6-14)23-13-15(12-19(23)24)20(25)21-17-9-11-22-10-3-2-4-18(17)22/h5-8,15,17-18H,2-4,9-13H2,1H3,(H,21,25). The van der Waals surface area contributed by atoms with Gasteiger partial charge in [0.1, 0.15) is 0 Å². The fraction of sp³-hybridized carbons (Fsp3) is 0.600. The number of rotatable bonds is 3. The number of nitrogens with zero attached hydrogens (tertiary/aromatic N) is 2. The Hall–Kier alpha value is -1.88. The van der Waals surface area contributed by atoms with Crippen molar-refractivity contribution in [2.75, 3.05) is 24.5 Å². The average molecular weight is 341 g/mol. The molecule has 1 N–H and O–H groups in total. The highest BCUT2D eigenvalue weighted by Crippen LogP contribution is 2.29. The molecule has 5 nitrogen and oxygen atoms in total. The summed E-state index contributed by atoms with van der Waals surface area (Å²) in [5.41, 5.74) is 2.06. The van der Waals surface area contributed by atoms with Crippen LogP contribution in [0, 0.1) is 12.8 Å². The van der Waals surface area contributed by atoms with Crippen molar-refractivity contribution in [1.29, 1.82) is 0 Å². The number of benzene rings is 1. The van der Waals surface area contributed by atoms with Crippen molar-refractivity contribution in [2.24, 2.45) is 5.92 Å². The smallest absolute Gasteiger partial charge is 0.227 e. The van der Waals surface area contributed by atoms with E-state index in [1.54, 1.807) is 4.90 Å².